The molecule has 1 aliphatic carbocycles. The lowest BCUT2D eigenvalue weighted by Gasteiger charge is -2.34. The third kappa shape index (κ3) is 5.41. The van der Waals surface area contributed by atoms with Gasteiger partial charge in [0.25, 0.3) is 0 Å². The van der Waals surface area contributed by atoms with Crippen molar-refractivity contribution in [3.8, 4) is 11.6 Å². The highest BCUT2D eigenvalue weighted by molar-refractivity contribution is 5.98. The van der Waals surface area contributed by atoms with Crippen molar-refractivity contribution in [2.45, 2.75) is 12.8 Å². The number of ether oxygens (including phenoxy) is 1. The molecule has 35 heavy (non-hydrogen) atoms. The number of hydrogen-bond acceptors (Lipinski definition) is 6. The maximum Gasteiger partial charge on any atom is 0.247 e. The Balaban J connectivity index is 1.33. The van der Waals surface area contributed by atoms with Gasteiger partial charge in [0.15, 0.2) is 0 Å². The molecule has 0 saturated carbocycles. The number of carbonyl (C=O) groups excluding carboxylic acids is 1. The second-order valence-corrected chi connectivity index (χ2v) is 8.87. The van der Waals surface area contributed by atoms with Crippen LogP contribution in [0.2, 0.25) is 0 Å². The van der Waals surface area contributed by atoms with Crippen LogP contribution in [0, 0.1) is 0 Å². The van der Waals surface area contributed by atoms with E-state index in [1.54, 1.807) is 12.1 Å². The Bertz CT molecular complexity index is 1260. The monoisotopic (exact) mass is 467 g/mol. The summed E-state index contributed by atoms with van der Waals surface area (Å²) in [6.45, 7) is 7.77. The number of fused-ring (bicyclic) bond motifs is 1. The van der Waals surface area contributed by atoms with E-state index < -0.39 is 0 Å². The molecule has 5 rings (SSSR count). The number of piperazine rings is 1. The lowest BCUT2D eigenvalue weighted by Crippen LogP contribution is -2.44. The predicted octanol–water partition coefficient (Wildman–Crippen LogP) is 4.31. The van der Waals surface area contributed by atoms with Gasteiger partial charge in [0.05, 0.1) is 11.3 Å². The fourth-order valence-corrected chi connectivity index (χ4v) is 4.32. The number of amides is 1. The second-order valence-electron chi connectivity index (χ2n) is 8.87. The Morgan fingerprint density at radius 2 is 1.91 bits per heavy atom. The van der Waals surface area contributed by atoms with Gasteiger partial charge < -0.3 is 19.9 Å². The first kappa shape index (κ1) is 22.8. The molecule has 3 aromatic rings. The van der Waals surface area contributed by atoms with Crippen molar-refractivity contribution in [2.24, 2.45) is 0 Å². The van der Waals surface area contributed by atoms with Gasteiger partial charge in [-0.25, -0.2) is 4.98 Å². The summed E-state index contributed by atoms with van der Waals surface area (Å²) in [5.41, 5.74) is 4.92. The van der Waals surface area contributed by atoms with E-state index in [-0.39, 0.29) is 5.91 Å². The minimum atomic E-state index is -0.270. The normalized spacial score (nSPS) is 15.1. The van der Waals surface area contributed by atoms with Gasteiger partial charge in [-0.15, -0.1) is 0 Å². The Labute approximate surface area is 205 Å². The fourth-order valence-electron chi connectivity index (χ4n) is 4.32. The van der Waals surface area contributed by atoms with Crippen molar-refractivity contribution in [1.82, 2.24) is 14.9 Å². The van der Waals surface area contributed by atoms with E-state index in [9.17, 15) is 4.79 Å². The molecule has 7 heteroatoms. The van der Waals surface area contributed by atoms with E-state index in [2.05, 4.69) is 59.1 Å². The van der Waals surface area contributed by atoms with Gasteiger partial charge in [-0.1, -0.05) is 36.9 Å². The Hall–Kier alpha value is -3.97. The van der Waals surface area contributed by atoms with Crippen LogP contribution in [0.4, 0.5) is 11.4 Å². The fraction of sp³-hybridized carbons (Fsp3) is 0.250. The van der Waals surface area contributed by atoms with Crippen molar-refractivity contribution in [2.75, 3.05) is 43.4 Å². The van der Waals surface area contributed by atoms with Crippen LogP contribution in [-0.4, -0.2) is 54.0 Å². The van der Waals surface area contributed by atoms with Crippen molar-refractivity contribution in [3.63, 3.8) is 0 Å². The van der Waals surface area contributed by atoms with Crippen molar-refractivity contribution in [3.05, 3.63) is 89.9 Å². The van der Waals surface area contributed by atoms with Gasteiger partial charge in [0.2, 0.25) is 11.8 Å². The van der Waals surface area contributed by atoms with Gasteiger partial charge in [-0.3, -0.25) is 4.79 Å². The van der Waals surface area contributed by atoms with Gasteiger partial charge >= 0.3 is 0 Å². The lowest BCUT2D eigenvalue weighted by molar-refractivity contribution is -0.111. The SMILES string of the molecule is C=CC(=O)Nc1cccc(Oc2nc(Cc3ccc(N4CCN(C)CC4)cc3)nc3c2C=CC3)c1. The average Bonchev–Trinajstić information content (AvgIpc) is 3.34. The number of nitrogens with one attached hydrogen (secondary N) is 1. The van der Waals surface area contributed by atoms with Gasteiger partial charge in [-0.05, 0) is 43.0 Å². The smallest absolute Gasteiger partial charge is 0.247 e. The van der Waals surface area contributed by atoms with Crippen LogP contribution in [0.25, 0.3) is 6.08 Å². The van der Waals surface area contributed by atoms with E-state index in [1.807, 2.05) is 18.2 Å². The summed E-state index contributed by atoms with van der Waals surface area (Å²) in [6.07, 6.45) is 6.70. The molecule has 7 nitrogen and oxygen atoms in total. The van der Waals surface area contributed by atoms with Crippen LogP contribution >= 0.6 is 0 Å². The minimum Gasteiger partial charge on any atom is -0.438 e. The average molecular weight is 468 g/mol. The van der Waals surface area contributed by atoms with Gasteiger partial charge in [0.1, 0.15) is 11.6 Å². The Morgan fingerprint density at radius 1 is 1.11 bits per heavy atom. The minimum absolute atomic E-state index is 0.270. The number of carbonyl (C=O) groups is 1. The Morgan fingerprint density at radius 3 is 2.69 bits per heavy atom. The van der Waals surface area contributed by atoms with Gasteiger partial charge in [-0.2, -0.15) is 4.98 Å². The van der Waals surface area contributed by atoms with Crippen LogP contribution in [0.3, 0.4) is 0 Å². The summed E-state index contributed by atoms with van der Waals surface area (Å²) in [4.78, 5) is 26.0. The highest BCUT2D eigenvalue weighted by atomic mass is 16.5. The number of benzene rings is 2. The molecule has 0 radical (unpaired) electrons. The number of aromatic nitrogens is 2. The second kappa shape index (κ2) is 10.1. The van der Waals surface area contributed by atoms with Crippen LogP contribution in [0.15, 0.2) is 67.3 Å². The number of anilines is 2. The first-order valence-electron chi connectivity index (χ1n) is 11.9. The third-order valence-corrected chi connectivity index (χ3v) is 6.30. The molecule has 1 fully saturated rings. The van der Waals surface area contributed by atoms with Crippen molar-refractivity contribution >= 4 is 23.4 Å². The van der Waals surface area contributed by atoms with E-state index in [0.717, 1.165) is 55.2 Å². The topological polar surface area (TPSA) is 70.6 Å². The predicted molar refractivity (Wildman–Crippen MR) is 139 cm³/mol. The third-order valence-electron chi connectivity index (χ3n) is 6.30. The summed E-state index contributed by atoms with van der Waals surface area (Å²) >= 11 is 0. The summed E-state index contributed by atoms with van der Waals surface area (Å²) < 4.78 is 6.17. The quantitative estimate of drug-likeness (QED) is 0.523. The van der Waals surface area contributed by atoms with Crippen molar-refractivity contribution < 1.29 is 9.53 Å². The van der Waals surface area contributed by atoms with E-state index in [1.165, 1.54) is 11.8 Å². The number of rotatable bonds is 7. The first-order chi connectivity index (χ1) is 17.1. The summed E-state index contributed by atoms with van der Waals surface area (Å²) in [5, 5.41) is 2.75. The molecule has 2 aromatic carbocycles. The number of allylic oxidation sites excluding steroid dienone is 1. The molecule has 1 aromatic heterocycles. The highest BCUT2D eigenvalue weighted by Gasteiger charge is 2.18. The summed E-state index contributed by atoms with van der Waals surface area (Å²) in [5.74, 6) is 1.58. The molecule has 2 heterocycles. The highest BCUT2D eigenvalue weighted by Crippen LogP contribution is 2.31. The van der Waals surface area contributed by atoms with Crippen LogP contribution in [0.5, 0.6) is 11.6 Å². The molecular weight excluding hydrogens is 438 g/mol. The standard InChI is InChI=1S/C28H29N5O2/c1-3-27(34)29-21-6-4-7-23(19-21)35-28-24-8-5-9-25(24)30-26(31-28)18-20-10-12-22(13-11-20)33-16-14-32(2)15-17-33/h3-8,10-13,19H,1,9,14-18H2,2H3,(H,29,34). The largest absolute Gasteiger partial charge is 0.438 e. The van der Waals surface area contributed by atoms with Crippen LogP contribution in [-0.2, 0) is 17.6 Å². The van der Waals surface area contributed by atoms with E-state index in [4.69, 9.17) is 14.7 Å². The summed E-state index contributed by atoms with van der Waals surface area (Å²) in [6, 6.07) is 15.9. The molecule has 2 aliphatic rings. The van der Waals surface area contributed by atoms with E-state index >= 15 is 0 Å². The number of nitrogens with zero attached hydrogens (tertiary/aromatic N) is 4. The maximum absolute atomic E-state index is 11.6. The Kier molecular flexibility index (Phi) is 6.59. The van der Waals surface area contributed by atoms with Crippen molar-refractivity contribution in [1.29, 1.82) is 0 Å². The number of hydrogen-bond donors (Lipinski definition) is 1. The first-order valence-corrected chi connectivity index (χ1v) is 11.9. The zero-order chi connectivity index (χ0) is 24.2. The zero-order valence-electron chi connectivity index (χ0n) is 19.9. The maximum atomic E-state index is 11.6. The molecule has 1 N–H and O–H groups in total. The number of likely N-dealkylation sites (N-methyl/N-ethyl adjacent to an activating group) is 1. The molecule has 0 spiro atoms. The molecule has 1 saturated heterocycles. The zero-order valence-corrected chi connectivity index (χ0v) is 19.9. The van der Waals surface area contributed by atoms with Gasteiger partial charge in [0, 0.05) is 56.5 Å². The molecule has 0 unspecified atom stereocenters. The lowest BCUT2D eigenvalue weighted by atomic mass is 10.1. The molecule has 1 amide bonds. The molecule has 1 aliphatic heterocycles. The molecule has 0 bridgehead atoms. The molecular formula is C28H29N5O2. The van der Waals surface area contributed by atoms with Crippen LogP contribution < -0.4 is 15.0 Å². The molecule has 178 valence electrons. The summed E-state index contributed by atoms with van der Waals surface area (Å²) in [7, 11) is 2.17. The van der Waals surface area contributed by atoms with E-state index in [0.29, 0.717) is 23.7 Å². The molecule has 0 atom stereocenters. The van der Waals surface area contributed by atoms with Crippen LogP contribution in [0.1, 0.15) is 22.6 Å².